The van der Waals surface area contributed by atoms with Crippen LogP contribution in [0.5, 0.6) is 0 Å². The highest BCUT2D eigenvalue weighted by Gasteiger charge is 2.20. The summed E-state index contributed by atoms with van der Waals surface area (Å²) in [6.45, 7) is 9.58. The van der Waals surface area contributed by atoms with Gasteiger partial charge >= 0.3 is 0 Å². The van der Waals surface area contributed by atoms with Crippen LogP contribution in [0.1, 0.15) is 27.2 Å². The highest BCUT2D eigenvalue weighted by atomic mass is 16.5. The van der Waals surface area contributed by atoms with Crippen molar-refractivity contribution < 1.29 is 4.74 Å². The summed E-state index contributed by atoms with van der Waals surface area (Å²) in [5, 5.41) is 3.45. The van der Waals surface area contributed by atoms with Crippen LogP contribution in [0.4, 0.5) is 0 Å². The summed E-state index contributed by atoms with van der Waals surface area (Å²) in [7, 11) is 0. The van der Waals surface area contributed by atoms with Gasteiger partial charge in [-0.2, -0.15) is 0 Å². The van der Waals surface area contributed by atoms with Crippen LogP contribution in [0.2, 0.25) is 0 Å². The van der Waals surface area contributed by atoms with Crippen LogP contribution in [-0.4, -0.2) is 25.8 Å². The molecule has 1 atom stereocenters. The van der Waals surface area contributed by atoms with Gasteiger partial charge in [-0.05, 0) is 11.8 Å². The smallest absolute Gasteiger partial charge is 0.0620 e. The van der Waals surface area contributed by atoms with E-state index in [2.05, 4.69) is 26.1 Å². The Labute approximate surface area is 69.3 Å². The second-order valence-corrected chi connectivity index (χ2v) is 4.49. The molecule has 1 rings (SSSR count). The SMILES string of the molecule is CC(C)(C)C[C@H]1COCCN1. The molecule has 0 unspecified atom stereocenters. The second-order valence-electron chi connectivity index (χ2n) is 4.49. The standard InChI is InChI=1S/C9H19NO/c1-9(2,3)6-8-7-11-5-4-10-8/h8,10H,4-7H2,1-3H3/t8-/m0/s1. The van der Waals surface area contributed by atoms with Gasteiger partial charge in [0, 0.05) is 12.6 Å². The van der Waals surface area contributed by atoms with Gasteiger partial charge in [-0.1, -0.05) is 20.8 Å². The van der Waals surface area contributed by atoms with Crippen LogP contribution < -0.4 is 5.32 Å². The quantitative estimate of drug-likeness (QED) is 0.621. The molecule has 0 radical (unpaired) electrons. The summed E-state index contributed by atoms with van der Waals surface area (Å²) in [6, 6.07) is 0.573. The molecule has 2 heteroatoms. The van der Waals surface area contributed by atoms with E-state index in [0.29, 0.717) is 11.5 Å². The van der Waals surface area contributed by atoms with E-state index in [1.165, 1.54) is 6.42 Å². The Kier molecular flexibility index (Phi) is 2.90. The Morgan fingerprint density at radius 1 is 1.45 bits per heavy atom. The highest BCUT2D eigenvalue weighted by Crippen LogP contribution is 2.21. The van der Waals surface area contributed by atoms with Gasteiger partial charge in [0.1, 0.15) is 0 Å². The zero-order valence-electron chi connectivity index (χ0n) is 7.81. The molecular weight excluding hydrogens is 138 g/mol. The Morgan fingerprint density at radius 3 is 2.64 bits per heavy atom. The molecule has 1 heterocycles. The number of ether oxygens (including phenoxy) is 1. The van der Waals surface area contributed by atoms with Crippen molar-refractivity contribution in [1.29, 1.82) is 0 Å². The van der Waals surface area contributed by atoms with Gasteiger partial charge in [-0.3, -0.25) is 0 Å². The molecule has 1 saturated heterocycles. The number of hydrogen-bond donors (Lipinski definition) is 1. The van der Waals surface area contributed by atoms with Gasteiger partial charge in [0.2, 0.25) is 0 Å². The molecule has 0 spiro atoms. The van der Waals surface area contributed by atoms with Crippen LogP contribution in [-0.2, 0) is 4.74 Å². The maximum absolute atomic E-state index is 5.37. The van der Waals surface area contributed by atoms with E-state index in [4.69, 9.17) is 4.74 Å². The van der Waals surface area contributed by atoms with E-state index < -0.39 is 0 Å². The van der Waals surface area contributed by atoms with Crippen LogP contribution >= 0.6 is 0 Å². The molecule has 66 valence electrons. The first-order valence-corrected chi connectivity index (χ1v) is 4.39. The summed E-state index contributed by atoms with van der Waals surface area (Å²) < 4.78 is 5.37. The summed E-state index contributed by atoms with van der Waals surface area (Å²) in [4.78, 5) is 0. The second kappa shape index (κ2) is 3.55. The Bertz CT molecular complexity index is 111. The van der Waals surface area contributed by atoms with Crippen molar-refractivity contribution in [2.75, 3.05) is 19.8 Å². The molecule has 1 aliphatic rings. The minimum absolute atomic E-state index is 0.415. The lowest BCUT2D eigenvalue weighted by atomic mass is 9.88. The summed E-state index contributed by atoms with van der Waals surface area (Å²) in [6.07, 6.45) is 1.20. The fourth-order valence-electron chi connectivity index (χ4n) is 1.49. The van der Waals surface area contributed by atoms with Crippen molar-refractivity contribution in [3.8, 4) is 0 Å². The zero-order chi connectivity index (χ0) is 8.32. The molecule has 0 aliphatic carbocycles. The number of rotatable bonds is 1. The third-order valence-corrected chi connectivity index (χ3v) is 1.86. The topological polar surface area (TPSA) is 21.3 Å². The van der Waals surface area contributed by atoms with Crippen molar-refractivity contribution in [3.63, 3.8) is 0 Å². The Hall–Kier alpha value is -0.0800. The van der Waals surface area contributed by atoms with E-state index in [1.54, 1.807) is 0 Å². The lowest BCUT2D eigenvalue weighted by molar-refractivity contribution is 0.0628. The average Bonchev–Trinajstić information content (AvgIpc) is 1.85. The van der Waals surface area contributed by atoms with E-state index in [0.717, 1.165) is 19.8 Å². The first-order valence-electron chi connectivity index (χ1n) is 4.39. The maximum Gasteiger partial charge on any atom is 0.0620 e. The molecule has 0 saturated carbocycles. The van der Waals surface area contributed by atoms with Gasteiger partial charge in [-0.15, -0.1) is 0 Å². The van der Waals surface area contributed by atoms with E-state index in [-0.39, 0.29) is 0 Å². The average molecular weight is 157 g/mol. The van der Waals surface area contributed by atoms with Gasteiger partial charge in [0.05, 0.1) is 13.2 Å². The minimum Gasteiger partial charge on any atom is -0.379 e. The van der Waals surface area contributed by atoms with Gasteiger partial charge in [0.15, 0.2) is 0 Å². The summed E-state index contributed by atoms with van der Waals surface area (Å²) in [5.74, 6) is 0. The van der Waals surface area contributed by atoms with E-state index in [1.807, 2.05) is 0 Å². The third kappa shape index (κ3) is 3.73. The molecule has 0 bridgehead atoms. The first-order chi connectivity index (χ1) is 5.08. The molecule has 0 aromatic rings. The molecule has 1 fully saturated rings. The normalized spacial score (nSPS) is 27.0. The fraction of sp³-hybridized carbons (Fsp3) is 1.00. The van der Waals surface area contributed by atoms with Crippen molar-refractivity contribution in [3.05, 3.63) is 0 Å². The maximum atomic E-state index is 5.37. The van der Waals surface area contributed by atoms with Gasteiger partial charge in [-0.25, -0.2) is 0 Å². The predicted molar refractivity (Wildman–Crippen MR) is 46.7 cm³/mol. The molecule has 1 aliphatic heterocycles. The molecular formula is C9H19NO. The molecule has 0 amide bonds. The third-order valence-electron chi connectivity index (χ3n) is 1.86. The van der Waals surface area contributed by atoms with Crippen LogP contribution in [0.25, 0.3) is 0 Å². The highest BCUT2D eigenvalue weighted by molar-refractivity contribution is 4.76. The predicted octanol–water partition coefficient (Wildman–Crippen LogP) is 1.41. The lowest BCUT2D eigenvalue weighted by Crippen LogP contribution is -2.43. The van der Waals surface area contributed by atoms with Crippen molar-refractivity contribution >= 4 is 0 Å². The molecule has 0 aromatic heterocycles. The molecule has 11 heavy (non-hydrogen) atoms. The van der Waals surface area contributed by atoms with E-state index >= 15 is 0 Å². The number of nitrogens with one attached hydrogen (secondary N) is 1. The van der Waals surface area contributed by atoms with Gasteiger partial charge < -0.3 is 10.1 Å². The summed E-state index contributed by atoms with van der Waals surface area (Å²) >= 11 is 0. The Balaban J connectivity index is 2.24. The fourth-order valence-corrected chi connectivity index (χ4v) is 1.49. The molecule has 2 nitrogen and oxygen atoms in total. The van der Waals surface area contributed by atoms with Crippen LogP contribution in [0, 0.1) is 5.41 Å². The monoisotopic (exact) mass is 157 g/mol. The molecule has 1 N–H and O–H groups in total. The van der Waals surface area contributed by atoms with Gasteiger partial charge in [0.25, 0.3) is 0 Å². The number of morpholine rings is 1. The van der Waals surface area contributed by atoms with Crippen molar-refractivity contribution in [1.82, 2.24) is 5.32 Å². The molecule has 0 aromatic carbocycles. The lowest BCUT2D eigenvalue weighted by Gasteiger charge is -2.29. The Morgan fingerprint density at radius 2 is 2.18 bits per heavy atom. The summed E-state index contributed by atoms with van der Waals surface area (Å²) in [5.41, 5.74) is 0.415. The van der Waals surface area contributed by atoms with Crippen LogP contribution in [0.15, 0.2) is 0 Å². The largest absolute Gasteiger partial charge is 0.379 e. The number of hydrogen-bond acceptors (Lipinski definition) is 2. The van der Waals surface area contributed by atoms with Crippen LogP contribution in [0.3, 0.4) is 0 Å². The van der Waals surface area contributed by atoms with E-state index in [9.17, 15) is 0 Å². The zero-order valence-corrected chi connectivity index (χ0v) is 7.81. The van der Waals surface area contributed by atoms with Crippen molar-refractivity contribution in [2.45, 2.75) is 33.2 Å². The van der Waals surface area contributed by atoms with Crippen molar-refractivity contribution in [2.24, 2.45) is 5.41 Å². The minimum atomic E-state index is 0.415. The first kappa shape index (κ1) is 9.01.